The van der Waals surface area contributed by atoms with Crippen molar-refractivity contribution < 1.29 is 14.8 Å². The largest absolute Gasteiger partial charge is 0.484 e. The van der Waals surface area contributed by atoms with Gasteiger partial charge in [0, 0.05) is 17.2 Å². The van der Waals surface area contributed by atoms with Gasteiger partial charge in [-0.1, -0.05) is 37.3 Å². The monoisotopic (exact) mass is 299 g/mol. The molecule has 0 aliphatic heterocycles. The van der Waals surface area contributed by atoms with Crippen molar-refractivity contribution in [1.29, 1.82) is 0 Å². The standard InChI is InChI=1S/C14H18ClNO4/c15-11-5-6-13(16(18)19)14(8-11)20-9-12(17)7-10-3-1-2-4-10/h5-6,8,10,12,17H,1-4,7,9H2. The number of aliphatic hydroxyl groups excluding tert-OH is 1. The molecule has 0 saturated heterocycles. The number of nitro groups is 1. The van der Waals surface area contributed by atoms with Crippen molar-refractivity contribution in [2.45, 2.75) is 38.2 Å². The molecular formula is C14H18ClNO4. The molecule has 110 valence electrons. The Morgan fingerprint density at radius 2 is 2.15 bits per heavy atom. The second-order valence-electron chi connectivity index (χ2n) is 5.22. The summed E-state index contributed by atoms with van der Waals surface area (Å²) in [7, 11) is 0. The van der Waals surface area contributed by atoms with Gasteiger partial charge in [-0.2, -0.15) is 0 Å². The number of aliphatic hydroxyl groups is 1. The third-order valence-electron chi connectivity index (χ3n) is 3.63. The summed E-state index contributed by atoms with van der Waals surface area (Å²) in [5.74, 6) is 0.649. The van der Waals surface area contributed by atoms with Gasteiger partial charge in [-0.15, -0.1) is 0 Å². The summed E-state index contributed by atoms with van der Waals surface area (Å²) >= 11 is 5.81. The molecule has 2 rings (SSSR count). The number of hydrogen-bond donors (Lipinski definition) is 1. The zero-order valence-corrected chi connectivity index (χ0v) is 11.9. The lowest BCUT2D eigenvalue weighted by atomic mass is 10.0. The van der Waals surface area contributed by atoms with Crippen molar-refractivity contribution >= 4 is 17.3 Å². The first-order valence-electron chi connectivity index (χ1n) is 6.81. The number of halogens is 1. The predicted octanol–water partition coefficient (Wildman–Crippen LogP) is 3.57. The third-order valence-corrected chi connectivity index (χ3v) is 3.87. The van der Waals surface area contributed by atoms with Gasteiger partial charge in [0.15, 0.2) is 5.75 Å². The van der Waals surface area contributed by atoms with E-state index in [1.54, 1.807) is 0 Å². The van der Waals surface area contributed by atoms with Gasteiger partial charge in [0.25, 0.3) is 0 Å². The second-order valence-corrected chi connectivity index (χ2v) is 5.66. The van der Waals surface area contributed by atoms with Crippen LogP contribution in [0.25, 0.3) is 0 Å². The average molecular weight is 300 g/mol. The van der Waals surface area contributed by atoms with Crippen LogP contribution >= 0.6 is 11.6 Å². The van der Waals surface area contributed by atoms with Crippen LogP contribution < -0.4 is 4.74 Å². The number of nitrogens with zero attached hydrogens (tertiary/aromatic N) is 1. The number of ether oxygens (including phenoxy) is 1. The minimum absolute atomic E-state index is 0.0533. The van der Waals surface area contributed by atoms with Gasteiger partial charge in [0.05, 0.1) is 11.0 Å². The van der Waals surface area contributed by atoms with E-state index in [0.29, 0.717) is 17.4 Å². The molecule has 1 fully saturated rings. The Morgan fingerprint density at radius 1 is 1.45 bits per heavy atom. The van der Waals surface area contributed by atoms with Crippen molar-refractivity contribution in [3.63, 3.8) is 0 Å². The summed E-state index contributed by atoms with van der Waals surface area (Å²) in [6.07, 6.45) is 4.82. The van der Waals surface area contributed by atoms with E-state index in [0.717, 1.165) is 12.8 Å². The Balaban J connectivity index is 1.92. The molecule has 1 aromatic rings. The summed E-state index contributed by atoms with van der Waals surface area (Å²) in [6, 6.07) is 4.16. The van der Waals surface area contributed by atoms with Crippen LogP contribution in [0.15, 0.2) is 18.2 Å². The topological polar surface area (TPSA) is 72.6 Å². The van der Waals surface area contributed by atoms with Crippen LogP contribution in [0.1, 0.15) is 32.1 Å². The number of rotatable bonds is 6. The normalized spacial score (nSPS) is 17.1. The Bertz CT molecular complexity index is 474. The molecule has 1 aromatic carbocycles. The summed E-state index contributed by atoms with van der Waals surface area (Å²) in [6.45, 7) is 0.0533. The average Bonchev–Trinajstić information content (AvgIpc) is 2.89. The molecule has 5 nitrogen and oxygen atoms in total. The molecule has 1 unspecified atom stereocenters. The first-order chi connectivity index (χ1) is 9.56. The predicted molar refractivity (Wildman–Crippen MR) is 76.2 cm³/mol. The van der Waals surface area contributed by atoms with Crippen LogP contribution in [0.2, 0.25) is 5.02 Å². The maximum Gasteiger partial charge on any atom is 0.311 e. The molecule has 0 radical (unpaired) electrons. The molecule has 1 saturated carbocycles. The maximum absolute atomic E-state index is 10.9. The second kappa shape index (κ2) is 6.90. The van der Waals surface area contributed by atoms with Gasteiger partial charge in [-0.25, -0.2) is 0 Å². The van der Waals surface area contributed by atoms with Gasteiger partial charge < -0.3 is 9.84 Å². The van der Waals surface area contributed by atoms with Crippen LogP contribution in [-0.4, -0.2) is 22.7 Å². The van der Waals surface area contributed by atoms with Crippen LogP contribution in [0.4, 0.5) is 5.69 Å². The van der Waals surface area contributed by atoms with E-state index in [4.69, 9.17) is 16.3 Å². The summed E-state index contributed by atoms with van der Waals surface area (Å²) in [5, 5.41) is 21.2. The zero-order chi connectivity index (χ0) is 14.5. The Kier molecular flexibility index (Phi) is 5.20. The Hall–Kier alpha value is -1.33. The highest BCUT2D eigenvalue weighted by Crippen LogP contribution is 2.31. The van der Waals surface area contributed by atoms with Crippen LogP contribution in [0, 0.1) is 16.0 Å². The third kappa shape index (κ3) is 4.08. The maximum atomic E-state index is 10.9. The minimum atomic E-state index is -0.600. The van der Waals surface area contributed by atoms with Crippen LogP contribution in [0.3, 0.4) is 0 Å². The van der Waals surface area contributed by atoms with Gasteiger partial charge in [-0.05, 0) is 18.4 Å². The lowest BCUT2D eigenvalue weighted by Crippen LogP contribution is -2.20. The van der Waals surface area contributed by atoms with Crippen molar-refractivity contribution in [2.24, 2.45) is 5.92 Å². The summed E-state index contributed by atoms with van der Waals surface area (Å²) in [5.41, 5.74) is -0.137. The molecule has 0 heterocycles. The van der Waals surface area contributed by atoms with Gasteiger partial charge in [-0.3, -0.25) is 10.1 Å². The smallest absolute Gasteiger partial charge is 0.311 e. The van der Waals surface area contributed by atoms with Crippen molar-refractivity contribution in [3.8, 4) is 5.75 Å². The molecule has 1 aliphatic rings. The molecule has 0 bridgehead atoms. The van der Waals surface area contributed by atoms with Crippen molar-refractivity contribution in [3.05, 3.63) is 33.3 Å². The summed E-state index contributed by atoms with van der Waals surface area (Å²) < 4.78 is 5.38. The number of benzene rings is 1. The van der Waals surface area contributed by atoms with Crippen molar-refractivity contribution in [2.75, 3.05) is 6.61 Å². The molecule has 20 heavy (non-hydrogen) atoms. The molecular weight excluding hydrogens is 282 g/mol. The van der Waals surface area contributed by atoms with Gasteiger partial charge in [0.1, 0.15) is 6.61 Å². The van der Waals surface area contributed by atoms with E-state index >= 15 is 0 Å². The van der Waals surface area contributed by atoms with E-state index in [9.17, 15) is 15.2 Å². The van der Waals surface area contributed by atoms with Crippen LogP contribution in [0.5, 0.6) is 5.75 Å². The summed E-state index contributed by atoms with van der Waals surface area (Å²) in [4.78, 5) is 10.4. The van der Waals surface area contributed by atoms with Gasteiger partial charge in [0.2, 0.25) is 0 Å². The fraction of sp³-hybridized carbons (Fsp3) is 0.571. The Labute approximate surface area is 122 Å². The van der Waals surface area contributed by atoms with E-state index in [-0.39, 0.29) is 18.0 Å². The highest BCUT2D eigenvalue weighted by molar-refractivity contribution is 6.30. The first-order valence-corrected chi connectivity index (χ1v) is 7.19. The molecule has 0 amide bonds. The van der Waals surface area contributed by atoms with Crippen molar-refractivity contribution in [1.82, 2.24) is 0 Å². The highest BCUT2D eigenvalue weighted by atomic mass is 35.5. The highest BCUT2D eigenvalue weighted by Gasteiger charge is 2.21. The molecule has 0 aromatic heterocycles. The lowest BCUT2D eigenvalue weighted by Gasteiger charge is -2.16. The van der Waals surface area contributed by atoms with Gasteiger partial charge >= 0.3 is 5.69 Å². The zero-order valence-electron chi connectivity index (χ0n) is 11.1. The number of nitro benzene ring substituents is 1. The quantitative estimate of drug-likeness (QED) is 0.644. The fourth-order valence-corrected chi connectivity index (χ4v) is 2.80. The van der Waals surface area contributed by atoms with E-state index in [1.165, 1.54) is 31.0 Å². The number of hydrogen-bond acceptors (Lipinski definition) is 4. The minimum Gasteiger partial charge on any atom is -0.484 e. The van der Waals surface area contributed by atoms with Crippen LogP contribution in [-0.2, 0) is 0 Å². The molecule has 1 atom stereocenters. The van der Waals surface area contributed by atoms with E-state index in [1.807, 2.05) is 0 Å². The first kappa shape index (κ1) is 15.1. The van der Waals surface area contributed by atoms with E-state index in [2.05, 4.69) is 0 Å². The lowest BCUT2D eigenvalue weighted by molar-refractivity contribution is -0.385. The molecule has 6 heteroatoms. The molecule has 1 N–H and O–H groups in total. The van der Waals surface area contributed by atoms with E-state index < -0.39 is 11.0 Å². The molecule has 0 spiro atoms. The molecule has 1 aliphatic carbocycles. The SMILES string of the molecule is O=[N+]([O-])c1ccc(Cl)cc1OCC(O)CC1CCCC1. The Morgan fingerprint density at radius 3 is 2.80 bits per heavy atom. The fourth-order valence-electron chi connectivity index (χ4n) is 2.64.